The molecular weight excluding hydrogens is 392 g/mol. The highest BCUT2D eigenvalue weighted by molar-refractivity contribution is 6.05. The maximum atomic E-state index is 13.3. The van der Waals surface area contributed by atoms with Crippen molar-refractivity contribution in [2.24, 2.45) is 5.92 Å². The summed E-state index contributed by atoms with van der Waals surface area (Å²) in [4.78, 5) is 18.7. The number of anilines is 2. The average Bonchev–Trinajstić information content (AvgIpc) is 3.37. The van der Waals surface area contributed by atoms with Crippen LogP contribution in [0.2, 0.25) is 0 Å². The maximum absolute atomic E-state index is 13.3. The second-order valence-corrected chi connectivity index (χ2v) is 9.42. The van der Waals surface area contributed by atoms with Crippen molar-refractivity contribution in [3.63, 3.8) is 0 Å². The summed E-state index contributed by atoms with van der Waals surface area (Å²) in [5.74, 6) is 1.52. The first-order valence-corrected chi connectivity index (χ1v) is 10.9. The van der Waals surface area contributed by atoms with Gasteiger partial charge in [0, 0.05) is 46.3 Å². The van der Waals surface area contributed by atoms with Crippen molar-refractivity contribution in [1.82, 2.24) is 4.98 Å². The van der Waals surface area contributed by atoms with Crippen LogP contribution in [0.3, 0.4) is 0 Å². The number of carbonyl (C=O) groups is 1. The number of fused-ring (bicyclic) bond motifs is 2. The van der Waals surface area contributed by atoms with Crippen LogP contribution in [-0.4, -0.2) is 29.4 Å². The summed E-state index contributed by atoms with van der Waals surface area (Å²) in [6.07, 6.45) is 2.42. The van der Waals surface area contributed by atoms with Gasteiger partial charge in [0.2, 0.25) is 12.7 Å². The number of amides is 1. The van der Waals surface area contributed by atoms with Gasteiger partial charge in [-0.3, -0.25) is 9.69 Å². The third-order valence-electron chi connectivity index (χ3n) is 6.02. The Morgan fingerprint density at radius 1 is 1.10 bits per heavy atom. The molecule has 0 spiro atoms. The number of carbonyl (C=O) groups excluding carboxylic acids is 1. The van der Waals surface area contributed by atoms with E-state index in [1.54, 1.807) is 4.90 Å². The highest BCUT2D eigenvalue weighted by atomic mass is 16.7. The Bertz CT molecular complexity index is 1150. The van der Waals surface area contributed by atoms with E-state index in [-0.39, 0.29) is 30.6 Å². The predicted molar refractivity (Wildman–Crippen MR) is 120 cm³/mol. The molecule has 6 heteroatoms. The highest BCUT2D eigenvalue weighted by Gasteiger charge is 2.35. The minimum Gasteiger partial charge on any atom is -0.454 e. The average molecular weight is 421 g/mol. The topological polar surface area (TPSA) is 74.8 Å². The van der Waals surface area contributed by atoms with Crippen LogP contribution in [0.15, 0.2) is 36.4 Å². The molecule has 2 aromatic carbocycles. The zero-order chi connectivity index (χ0) is 21.8. The Morgan fingerprint density at radius 3 is 2.52 bits per heavy atom. The van der Waals surface area contributed by atoms with Crippen LogP contribution in [0.25, 0.3) is 10.9 Å². The van der Waals surface area contributed by atoms with Gasteiger partial charge in [-0.1, -0.05) is 20.8 Å². The number of hydrogen-bond acceptors (Lipinski definition) is 4. The van der Waals surface area contributed by atoms with Gasteiger partial charge < -0.3 is 19.6 Å². The van der Waals surface area contributed by atoms with Gasteiger partial charge in [0.15, 0.2) is 11.5 Å². The molecule has 2 aliphatic rings. The number of aliphatic hydroxyl groups excluding tert-OH is 1. The van der Waals surface area contributed by atoms with Crippen molar-refractivity contribution < 1.29 is 19.4 Å². The number of benzene rings is 2. The summed E-state index contributed by atoms with van der Waals surface area (Å²) in [6, 6.07) is 11.7. The van der Waals surface area contributed by atoms with Gasteiger partial charge in [-0.2, -0.15) is 0 Å². The zero-order valence-corrected chi connectivity index (χ0v) is 18.2. The third-order valence-corrected chi connectivity index (χ3v) is 6.02. The minimum absolute atomic E-state index is 0.0643. The first kappa shape index (κ1) is 19.9. The molecule has 0 unspecified atom stereocenters. The van der Waals surface area contributed by atoms with E-state index in [4.69, 9.17) is 9.47 Å². The molecule has 5 rings (SSSR count). The Kier molecular flexibility index (Phi) is 4.70. The van der Waals surface area contributed by atoms with Crippen LogP contribution in [0, 0.1) is 5.92 Å². The molecule has 1 aromatic heterocycles. The monoisotopic (exact) mass is 420 g/mol. The molecule has 1 aliphatic carbocycles. The fourth-order valence-corrected chi connectivity index (χ4v) is 4.33. The van der Waals surface area contributed by atoms with E-state index in [0.717, 1.165) is 46.4 Å². The molecule has 1 amide bonds. The van der Waals surface area contributed by atoms with Crippen LogP contribution < -0.4 is 14.4 Å². The molecule has 1 aliphatic heterocycles. The molecule has 0 atom stereocenters. The summed E-state index contributed by atoms with van der Waals surface area (Å²) in [5.41, 5.74) is 4.76. The van der Waals surface area contributed by atoms with Gasteiger partial charge in [-0.05, 0) is 55.2 Å². The molecule has 2 N–H and O–H groups in total. The highest BCUT2D eigenvalue weighted by Crippen LogP contribution is 2.42. The molecule has 2 heterocycles. The number of nitrogens with one attached hydrogen (secondary N) is 1. The zero-order valence-electron chi connectivity index (χ0n) is 18.2. The van der Waals surface area contributed by atoms with E-state index in [1.807, 2.05) is 30.3 Å². The van der Waals surface area contributed by atoms with Gasteiger partial charge in [0.1, 0.15) is 0 Å². The number of aliphatic hydroxyl groups is 1. The van der Waals surface area contributed by atoms with Crippen molar-refractivity contribution in [2.45, 2.75) is 45.4 Å². The van der Waals surface area contributed by atoms with E-state index in [1.165, 1.54) is 0 Å². The molecule has 162 valence electrons. The van der Waals surface area contributed by atoms with E-state index >= 15 is 0 Å². The van der Waals surface area contributed by atoms with Crippen LogP contribution in [0.5, 0.6) is 11.5 Å². The number of nitrogens with zero attached hydrogens (tertiary/aromatic N) is 1. The molecule has 0 radical (unpaired) electrons. The number of aromatic amines is 1. The van der Waals surface area contributed by atoms with Gasteiger partial charge in [-0.15, -0.1) is 0 Å². The fraction of sp³-hybridized carbons (Fsp3) is 0.400. The standard InChI is InChI=1S/C25H28N2O4/c1-25(2,3)23-18(10-11-28)19-12-16(6-8-20(19)26-23)27(24(29)15-4-5-15)17-7-9-21-22(13-17)31-14-30-21/h6-9,12-13,15,26,28H,4-5,10-11,14H2,1-3H3. The second-order valence-electron chi connectivity index (χ2n) is 9.42. The van der Waals surface area contributed by atoms with Gasteiger partial charge in [0.05, 0.1) is 5.69 Å². The summed E-state index contributed by atoms with van der Waals surface area (Å²) in [7, 11) is 0. The summed E-state index contributed by atoms with van der Waals surface area (Å²) in [5, 5.41) is 10.7. The number of aromatic nitrogens is 1. The predicted octanol–water partition coefficient (Wildman–Crippen LogP) is 4.80. The molecule has 3 aromatic rings. The largest absolute Gasteiger partial charge is 0.454 e. The normalized spacial score (nSPS) is 15.5. The van der Waals surface area contributed by atoms with Gasteiger partial charge in [0.25, 0.3) is 0 Å². The lowest BCUT2D eigenvalue weighted by molar-refractivity contribution is -0.119. The van der Waals surface area contributed by atoms with E-state index < -0.39 is 0 Å². The van der Waals surface area contributed by atoms with Crippen LogP contribution >= 0.6 is 0 Å². The lowest BCUT2D eigenvalue weighted by atomic mass is 9.88. The smallest absolute Gasteiger partial charge is 0.234 e. The molecule has 6 nitrogen and oxygen atoms in total. The second kappa shape index (κ2) is 7.31. The molecular formula is C25H28N2O4. The SMILES string of the molecule is CC(C)(C)c1[nH]c2ccc(N(C(=O)C3CC3)c3ccc4c(c3)OCO4)cc2c1CCO. The maximum Gasteiger partial charge on any atom is 0.234 e. The Hall–Kier alpha value is -2.99. The molecule has 1 fully saturated rings. The lowest BCUT2D eigenvalue weighted by Gasteiger charge is -2.24. The number of H-pyrrole nitrogens is 1. The molecule has 0 bridgehead atoms. The van der Waals surface area contributed by atoms with Crippen molar-refractivity contribution in [1.29, 1.82) is 0 Å². The summed E-state index contributed by atoms with van der Waals surface area (Å²) >= 11 is 0. The fourth-order valence-electron chi connectivity index (χ4n) is 4.33. The van der Waals surface area contributed by atoms with Crippen LogP contribution in [0.1, 0.15) is 44.9 Å². The van der Waals surface area contributed by atoms with E-state index in [0.29, 0.717) is 17.9 Å². The Morgan fingerprint density at radius 2 is 1.81 bits per heavy atom. The third kappa shape index (κ3) is 3.55. The van der Waals surface area contributed by atoms with Gasteiger partial charge >= 0.3 is 0 Å². The van der Waals surface area contributed by atoms with Crippen LogP contribution in [0.4, 0.5) is 11.4 Å². The minimum atomic E-state index is -0.0788. The number of hydrogen-bond donors (Lipinski definition) is 2. The Labute approximate surface area is 181 Å². The first-order valence-electron chi connectivity index (χ1n) is 10.9. The Balaban J connectivity index is 1.64. The summed E-state index contributed by atoms with van der Waals surface area (Å²) < 4.78 is 11.0. The molecule has 1 saturated carbocycles. The molecule has 31 heavy (non-hydrogen) atoms. The number of ether oxygens (including phenoxy) is 2. The van der Waals surface area contributed by atoms with Crippen molar-refractivity contribution in [3.05, 3.63) is 47.7 Å². The van der Waals surface area contributed by atoms with Gasteiger partial charge in [-0.25, -0.2) is 0 Å². The van der Waals surface area contributed by atoms with Crippen molar-refractivity contribution in [2.75, 3.05) is 18.3 Å². The van der Waals surface area contributed by atoms with Crippen LogP contribution in [-0.2, 0) is 16.6 Å². The van der Waals surface area contributed by atoms with E-state index in [9.17, 15) is 9.90 Å². The summed E-state index contributed by atoms with van der Waals surface area (Å²) in [6.45, 7) is 6.76. The van der Waals surface area contributed by atoms with Crippen molar-refractivity contribution >= 4 is 28.2 Å². The number of rotatable bonds is 5. The quantitative estimate of drug-likeness (QED) is 0.622. The van der Waals surface area contributed by atoms with E-state index in [2.05, 4.69) is 31.8 Å². The lowest BCUT2D eigenvalue weighted by Crippen LogP contribution is -2.27. The first-order chi connectivity index (χ1) is 14.9. The molecule has 0 saturated heterocycles. The van der Waals surface area contributed by atoms with Crippen molar-refractivity contribution in [3.8, 4) is 11.5 Å².